The van der Waals surface area contributed by atoms with Crippen molar-refractivity contribution in [3.05, 3.63) is 33.7 Å². The van der Waals surface area contributed by atoms with Crippen LogP contribution in [0.4, 0.5) is 0 Å². The monoisotopic (exact) mass is 176 g/mol. The van der Waals surface area contributed by atoms with Crippen molar-refractivity contribution in [1.29, 1.82) is 0 Å². The largest absolute Gasteiger partial charge is 0.326 e. The zero-order valence-electron chi connectivity index (χ0n) is 8.01. The van der Waals surface area contributed by atoms with Gasteiger partial charge in [0.15, 0.2) is 0 Å². The van der Waals surface area contributed by atoms with Gasteiger partial charge in [-0.15, -0.1) is 0 Å². The maximum absolute atomic E-state index is 11.3. The van der Waals surface area contributed by atoms with E-state index in [0.717, 1.165) is 16.6 Å². The van der Waals surface area contributed by atoms with Crippen LogP contribution in [0.15, 0.2) is 16.9 Å². The number of hydrogen-bond acceptors (Lipinski definition) is 1. The molecule has 1 N–H and O–H groups in total. The average molecular weight is 176 g/mol. The number of benzene rings is 1. The SMILES string of the molecule is Cc1ccc2c([nH]c(=O)n2C)c1C. The van der Waals surface area contributed by atoms with Crippen molar-refractivity contribution >= 4 is 11.0 Å². The molecule has 13 heavy (non-hydrogen) atoms. The molecule has 3 heteroatoms. The molecular formula is C10H12N2O. The first-order chi connectivity index (χ1) is 6.11. The summed E-state index contributed by atoms with van der Waals surface area (Å²) in [5, 5.41) is 0. The van der Waals surface area contributed by atoms with Gasteiger partial charge in [0.05, 0.1) is 11.0 Å². The van der Waals surface area contributed by atoms with Crippen molar-refractivity contribution in [3.8, 4) is 0 Å². The third-order valence-corrected chi connectivity index (χ3v) is 2.61. The van der Waals surface area contributed by atoms with Gasteiger partial charge in [-0.3, -0.25) is 4.57 Å². The Morgan fingerprint density at radius 2 is 2.00 bits per heavy atom. The minimum Gasteiger partial charge on any atom is -0.305 e. The first-order valence-corrected chi connectivity index (χ1v) is 4.26. The number of aryl methyl sites for hydroxylation is 3. The molecule has 2 aromatic rings. The number of nitrogens with zero attached hydrogens (tertiary/aromatic N) is 1. The Morgan fingerprint density at radius 1 is 1.31 bits per heavy atom. The maximum Gasteiger partial charge on any atom is 0.326 e. The zero-order chi connectivity index (χ0) is 9.59. The molecule has 0 unspecified atom stereocenters. The molecule has 1 aromatic heterocycles. The van der Waals surface area contributed by atoms with Crippen molar-refractivity contribution < 1.29 is 0 Å². The molecule has 0 spiro atoms. The predicted molar refractivity (Wildman–Crippen MR) is 53.0 cm³/mol. The van der Waals surface area contributed by atoms with Crippen molar-refractivity contribution in [3.63, 3.8) is 0 Å². The van der Waals surface area contributed by atoms with Crippen LogP contribution in [-0.4, -0.2) is 9.55 Å². The molecule has 0 aliphatic carbocycles. The first-order valence-electron chi connectivity index (χ1n) is 4.26. The summed E-state index contributed by atoms with van der Waals surface area (Å²) in [6.07, 6.45) is 0. The third-order valence-electron chi connectivity index (χ3n) is 2.61. The van der Waals surface area contributed by atoms with E-state index in [-0.39, 0.29) is 5.69 Å². The number of imidazole rings is 1. The summed E-state index contributed by atoms with van der Waals surface area (Å²) in [6, 6.07) is 4.00. The van der Waals surface area contributed by atoms with Gasteiger partial charge in [-0.05, 0) is 31.0 Å². The molecule has 0 aliphatic rings. The van der Waals surface area contributed by atoms with Gasteiger partial charge < -0.3 is 4.98 Å². The molecule has 3 nitrogen and oxygen atoms in total. The second-order valence-corrected chi connectivity index (χ2v) is 3.39. The van der Waals surface area contributed by atoms with Crippen molar-refractivity contribution in [2.75, 3.05) is 0 Å². The van der Waals surface area contributed by atoms with E-state index in [4.69, 9.17) is 0 Å². The lowest BCUT2D eigenvalue weighted by atomic mass is 10.1. The minimum atomic E-state index is -0.0521. The second-order valence-electron chi connectivity index (χ2n) is 3.39. The van der Waals surface area contributed by atoms with E-state index in [1.54, 1.807) is 11.6 Å². The highest BCUT2D eigenvalue weighted by atomic mass is 16.1. The van der Waals surface area contributed by atoms with Gasteiger partial charge in [0.2, 0.25) is 0 Å². The molecule has 0 radical (unpaired) electrons. The fourth-order valence-corrected chi connectivity index (χ4v) is 1.54. The summed E-state index contributed by atoms with van der Waals surface area (Å²) in [6.45, 7) is 4.06. The average Bonchev–Trinajstić information content (AvgIpc) is 2.38. The van der Waals surface area contributed by atoms with Crippen LogP contribution in [0.1, 0.15) is 11.1 Å². The van der Waals surface area contributed by atoms with E-state index in [0.29, 0.717) is 0 Å². The van der Waals surface area contributed by atoms with Gasteiger partial charge in [0, 0.05) is 7.05 Å². The van der Waals surface area contributed by atoms with E-state index in [1.165, 1.54) is 5.56 Å². The summed E-state index contributed by atoms with van der Waals surface area (Å²) in [7, 11) is 1.77. The third kappa shape index (κ3) is 1.00. The van der Waals surface area contributed by atoms with Gasteiger partial charge >= 0.3 is 5.69 Å². The van der Waals surface area contributed by atoms with Gasteiger partial charge in [-0.2, -0.15) is 0 Å². The Morgan fingerprint density at radius 3 is 2.69 bits per heavy atom. The zero-order valence-corrected chi connectivity index (χ0v) is 8.01. The van der Waals surface area contributed by atoms with Gasteiger partial charge in [0.1, 0.15) is 0 Å². The van der Waals surface area contributed by atoms with Crippen LogP contribution in [-0.2, 0) is 7.05 Å². The van der Waals surface area contributed by atoms with Crippen molar-refractivity contribution in [2.24, 2.45) is 7.05 Å². The fraction of sp³-hybridized carbons (Fsp3) is 0.300. The molecule has 0 bridgehead atoms. The van der Waals surface area contributed by atoms with Gasteiger partial charge in [-0.25, -0.2) is 4.79 Å². The molecule has 0 amide bonds. The maximum atomic E-state index is 11.3. The Labute approximate surface area is 76.0 Å². The van der Waals surface area contributed by atoms with E-state index in [9.17, 15) is 4.79 Å². The fourth-order valence-electron chi connectivity index (χ4n) is 1.54. The lowest BCUT2D eigenvalue weighted by Gasteiger charge is -2.00. The molecule has 2 rings (SSSR count). The molecular weight excluding hydrogens is 164 g/mol. The lowest BCUT2D eigenvalue weighted by molar-refractivity contribution is 0.891. The highest BCUT2D eigenvalue weighted by molar-refractivity contribution is 5.79. The summed E-state index contributed by atoms with van der Waals surface area (Å²) in [5.41, 5.74) is 4.22. The van der Waals surface area contributed by atoms with Crippen molar-refractivity contribution in [2.45, 2.75) is 13.8 Å². The molecule has 0 atom stereocenters. The molecule has 0 saturated heterocycles. The Hall–Kier alpha value is -1.51. The predicted octanol–water partition coefficient (Wildman–Crippen LogP) is 1.48. The molecule has 0 saturated carbocycles. The molecule has 68 valence electrons. The summed E-state index contributed by atoms with van der Waals surface area (Å²) in [4.78, 5) is 14.2. The Bertz CT molecular complexity index is 519. The number of nitrogens with one attached hydrogen (secondary N) is 1. The Kier molecular flexibility index (Phi) is 1.55. The van der Waals surface area contributed by atoms with Crippen LogP contribution < -0.4 is 5.69 Å². The standard InChI is InChI=1S/C10H12N2O/c1-6-4-5-8-9(7(6)2)11-10(13)12(8)3/h4-5H,1-3H3,(H,11,13). The van der Waals surface area contributed by atoms with Crippen LogP contribution >= 0.6 is 0 Å². The minimum absolute atomic E-state index is 0.0521. The molecule has 1 aromatic carbocycles. The van der Waals surface area contributed by atoms with Crippen LogP contribution in [0, 0.1) is 13.8 Å². The van der Waals surface area contributed by atoms with Gasteiger partial charge in [0.25, 0.3) is 0 Å². The van der Waals surface area contributed by atoms with Crippen LogP contribution in [0.5, 0.6) is 0 Å². The number of fused-ring (bicyclic) bond motifs is 1. The van der Waals surface area contributed by atoms with Crippen LogP contribution in [0.2, 0.25) is 0 Å². The second kappa shape index (κ2) is 2.49. The number of hydrogen-bond donors (Lipinski definition) is 1. The van der Waals surface area contributed by atoms with E-state index in [1.807, 2.05) is 26.0 Å². The summed E-state index contributed by atoms with van der Waals surface area (Å²) < 4.78 is 1.63. The molecule has 0 aliphatic heterocycles. The first kappa shape index (κ1) is 8.10. The highest BCUT2D eigenvalue weighted by Crippen LogP contribution is 2.17. The summed E-state index contributed by atoms with van der Waals surface area (Å²) >= 11 is 0. The van der Waals surface area contributed by atoms with Crippen LogP contribution in [0.3, 0.4) is 0 Å². The molecule has 0 fully saturated rings. The van der Waals surface area contributed by atoms with E-state index < -0.39 is 0 Å². The number of H-pyrrole nitrogens is 1. The lowest BCUT2D eigenvalue weighted by Crippen LogP contribution is -2.11. The topological polar surface area (TPSA) is 37.8 Å². The number of aromatic nitrogens is 2. The number of aromatic amines is 1. The quantitative estimate of drug-likeness (QED) is 0.648. The molecule has 1 heterocycles. The smallest absolute Gasteiger partial charge is 0.305 e. The Balaban J connectivity index is 3.03. The van der Waals surface area contributed by atoms with Gasteiger partial charge in [-0.1, -0.05) is 6.07 Å². The highest BCUT2D eigenvalue weighted by Gasteiger charge is 2.05. The van der Waals surface area contributed by atoms with E-state index in [2.05, 4.69) is 4.98 Å². The normalized spacial score (nSPS) is 11.0. The number of rotatable bonds is 0. The van der Waals surface area contributed by atoms with E-state index >= 15 is 0 Å². The van der Waals surface area contributed by atoms with Crippen molar-refractivity contribution in [1.82, 2.24) is 9.55 Å². The van der Waals surface area contributed by atoms with Crippen LogP contribution in [0.25, 0.3) is 11.0 Å². The summed E-state index contributed by atoms with van der Waals surface area (Å²) in [5.74, 6) is 0.